The van der Waals surface area contributed by atoms with Gasteiger partial charge in [-0.1, -0.05) is 13.3 Å². The van der Waals surface area contributed by atoms with Crippen molar-refractivity contribution >= 4 is 17.8 Å². The van der Waals surface area contributed by atoms with Crippen molar-refractivity contribution < 1.29 is 19.5 Å². The van der Waals surface area contributed by atoms with Gasteiger partial charge in [-0.05, 0) is 38.0 Å². The number of carbonyl (C=O) groups excluding carboxylic acids is 2. The summed E-state index contributed by atoms with van der Waals surface area (Å²) in [4.78, 5) is 37.5. The third-order valence-electron chi connectivity index (χ3n) is 5.27. The van der Waals surface area contributed by atoms with Gasteiger partial charge < -0.3 is 5.11 Å². The standard InChI is InChI=1S/C15H21NO4/c1-8-5-11-12(6-8)14(18)16(13(11)17)10-4-2-3-9(7-10)15(19)20/h8-12H,2-7H2,1H3,(H,19,20). The van der Waals surface area contributed by atoms with Gasteiger partial charge in [0.2, 0.25) is 11.8 Å². The Bertz CT molecular complexity index is 437. The van der Waals surface area contributed by atoms with E-state index in [4.69, 9.17) is 5.11 Å². The molecule has 0 bridgehead atoms. The molecule has 2 amide bonds. The molecule has 3 fully saturated rings. The van der Waals surface area contributed by atoms with Crippen LogP contribution in [0.2, 0.25) is 0 Å². The molecule has 5 nitrogen and oxygen atoms in total. The number of hydrogen-bond donors (Lipinski definition) is 1. The summed E-state index contributed by atoms with van der Waals surface area (Å²) in [5.74, 6) is -1.12. The highest BCUT2D eigenvalue weighted by Gasteiger charge is 2.54. The van der Waals surface area contributed by atoms with E-state index in [9.17, 15) is 14.4 Å². The van der Waals surface area contributed by atoms with E-state index in [1.807, 2.05) is 0 Å². The SMILES string of the molecule is CC1CC2C(=O)N(C3CCCC(C(=O)O)C3)C(=O)C2C1. The number of nitrogens with zero attached hydrogens (tertiary/aromatic N) is 1. The first-order valence-corrected chi connectivity index (χ1v) is 7.58. The molecule has 4 unspecified atom stereocenters. The lowest BCUT2D eigenvalue weighted by Gasteiger charge is -2.33. The number of carbonyl (C=O) groups is 3. The highest BCUT2D eigenvalue weighted by atomic mass is 16.4. The molecule has 1 heterocycles. The number of fused-ring (bicyclic) bond motifs is 1. The average molecular weight is 279 g/mol. The third-order valence-corrected chi connectivity index (χ3v) is 5.27. The zero-order valence-corrected chi connectivity index (χ0v) is 11.7. The van der Waals surface area contributed by atoms with Gasteiger partial charge in [-0.25, -0.2) is 0 Å². The molecule has 0 aromatic carbocycles. The maximum atomic E-state index is 12.5. The van der Waals surface area contributed by atoms with Gasteiger partial charge in [-0.15, -0.1) is 0 Å². The van der Waals surface area contributed by atoms with Crippen molar-refractivity contribution in [3.8, 4) is 0 Å². The van der Waals surface area contributed by atoms with Crippen LogP contribution < -0.4 is 0 Å². The van der Waals surface area contributed by atoms with E-state index < -0.39 is 11.9 Å². The fourth-order valence-electron chi connectivity index (χ4n) is 4.29. The molecule has 4 atom stereocenters. The van der Waals surface area contributed by atoms with E-state index in [2.05, 4.69) is 6.92 Å². The Kier molecular flexibility index (Phi) is 3.30. The molecule has 20 heavy (non-hydrogen) atoms. The minimum absolute atomic E-state index is 0.0413. The lowest BCUT2D eigenvalue weighted by Crippen LogP contribution is -2.44. The van der Waals surface area contributed by atoms with Gasteiger partial charge in [-0.3, -0.25) is 19.3 Å². The van der Waals surface area contributed by atoms with E-state index in [0.29, 0.717) is 18.8 Å². The Hall–Kier alpha value is -1.39. The molecule has 0 aromatic rings. The second-order valence-electron chi connectivity index (χ2n) is 6.69. The van der Waals surface area contributed by atoms with E-state index in [1.165, 1.54) is 4.90 Å². The minimum atomic E-state index is -0.803. The summed E-state index contributed by atoms with van der Waals surface area (Å²) in [5.41, 5.74) is 0. The van der Waals surface area contributed by atoms with E-state index in [-0.39, 0.29) is 29.7 Å². The first kappa shape index (κ1) is 13.6. The van der Waals surface area contributed by atoms with E-state index in [1.54, 1.807) is 0 Å². The first-order chi connectivity index (χ1) is 9.49. The van der Waals surface area contributed by atoms with Crippen LogP contribution in [0.1, 0.15) is 45.4 Å². The number of rotatable bonds is 2. The summed E-state index contributed by atoms with van der Waals surface area (Å²) in [6, 6.07) is -0.189. The predicted octanol–water partition coefficient (Wildman–Crippen LogP) is 1.66. The Balaban J connectivity index is 1.76. The van der Waals surface area contributed by atoms with Crippen LogP contribution in [0.25, 0.3) is 0 Å². The van der Waals surface area contributed by atoms with Gasteiger partial charge in [0.05, 0.1) is 17.8 Å². The highest BCUT2D eigenvalue weighted by molar-refractivity contribution is 6.05. The molecule has 0 spiro atoms. The van der Waals surface area contributed by atoms with Crippen molar-refractivity contribution in [3.63, 3.8) is 0 Å². The minimum Gasteiger partial charge on any atom is -0.481 e. The predicted molar refractivity (Wildman–Crippen MR) is 70.6 cm³/mol. The molecule has 0 radical (unpaired) electrons. The van der Waals surface area contributed by atoms with Crippen LogP contribution in [0.3, 0.4) is 0 Å². The average Bonchev–Trinajstić information content (AvgIpc) is 2.89. The van der Waals surface area contributed by atoms with Crippen LogP contribution in [0.4, 0.5) is 0 Å². The van der Waals surface area contributed by atoms with Crippen molar-refractivity contribution in [1.82, 2.24) is 4.90 Å². The number of hydrogen-bond acceptors (Lipinski definition) is 3. The molecule has 3 aliphatic rings. The van der Waals surface area contributed by atoms with E-state index in [0.717, 1.165) is 25.7 Å². The summed E-state index contributed by atoms with van der Waals surface area (Å²) in [6.07, 6.45) is 4.25. The van der Waals surface area contributed by atoms with Crippen LogP contribution in [-0.4, -0.2) is 33.8 Å². The third kappa shape index (κ3) is 2.03. The second-order valence-corrected chi connectivity index (χ2v) is 6.69. The highest BCUT2D eigenvalue weighted by Crippen LogP contribution is 2.45. The van der Waals surface area contributed by atoms with Crippen molar-refractivity contribution in [3.05, 3.63) is 0 Å². The largest absolute Gasteiger partial charge is 0.481 e. The van der Waals surface area contributed by atoms with Gasteiger partial charge in [-0.2, -0.15) is 0 Å². The second kappa shape index (κ2) is 4.86. The first-order valence-electron chi connectivity index (χ1n) is 7.58. The number of amides is 2. The topological polar surface area (TPSA) is 74.7 Å². The van der Waals surface area contributed by atoms with Crippen molar-refractivity contribution in [2.45, 2.75) is 51.5 Å². The van der Waals surface area contributed by atoms with Crippen LogP contribution in [0, 0.1) is 23.7 Å². The summed E-state index contributed by atoms with van der Waals surface area (Å²) in [7, 11) is 0. The number of likely N-dealkylation sites (tertiary alicyclic amines) is 1. The fourth-order valence-corrected chi connectivity index (χ4v) is 4.29. The molecule has 2 aliphatic carbocycles. The molecule has 1 saturated heterocycles. The number of aliphatic carboxylic acids is 1. The fraction of sp³-hybridized carbons (Fsp3) is 0.800. The Morgan fingerprint density at radius 1 is 1.10 bits per heavy atom. The lowest BCUT2D eigenvalue weighted by atomic mass is 9.85. The molecular formula is C15H21NO4. The summed E-state index contributed by atoms with van der Waals surface area (Å²) in [6.45, 7) is 2.09. The summed E-state index contributed by atoms with van der Waals surface area (Å²) < 4.78 is 0. The monoisotopic (exact) mass is 279 g/mol. The smallest absolute Gasteiger partial charge is 0.306 e. The maximum Gasteiger partial charge on any atom is 0.306 e. The van der Waals surface area contributed by atoms with Gasteiger partial charge in [0, 0.05) is 6.04 Å². The lowest BCUT2D eigenvalue weighted by molar-refractivity contribution is -0.149. The normalized spacial score (nSPS) is 41.0. The maximum absolute atomic E-state index is 12.5. The zero-order chi connectivity index (χ0) is 14.4. The Labute approximate surface area is 118 Å². The molecule has 1 aliphatic heterocycles. The molecule has 0 aromatic heterocycles. The van der Waals surface area contributed by atoms with Crippen LogP contribution in [0.5, 0.6) is 0 Å². The Morgan fingerprint density at radius 3 is 2.25 bits per heavy atom. The van der Waals surface area contributed by atoms with Gasteiger partial charge >= 0.3 is 5.97 Å². The van der Waals surface area contributed by atoms with Crippen LogP contribution in [-0.2, 0) is 14.4 Å². The number of carboxylic acids is 1. The molecule has 1 N–H and O–H groups in total. The summed E-state index contributed by atoms with van der Waals surface area (Å²) >= 11 is 0. The zero-order valence-electron chi connectivity index (χ0n) is 11.7. The van der Waals surface area contributed by atoms with Crippen LogP contribution in [0.15, 0.2) is 0 Å². The van der Waals surface area contributed by atoms with Crippen LogP contribution >= 0.6 is 0 Å². The Morgan fingerprint density at radius 2 is 1.70 bits per heavy atom. The van der Waals surface area contributed by atoms with Crippen molar-refractivity contribution in [2.24, 2.45) is 23.7 Å². The molecular weight excluding hydrogens is 258 g/mol. The number of carboxylic acid groups (broad SMARTS) is 1. The number of imide groups is 1. The van der Waals surface area contributed by atoms with E-state index >= 15 is 0 Å². The van der Waals surface area contributed by atoms with Crippen molar-refractivity contribution in [1.29, 1.82) is 0 Å². The molecule has 5 heteroatoms. The quantitative estimate of drug-likeness (QED) is 0.780. The molecule has 3 rings (SSSR count). The molecule has 2 saturated carbocycles. The van der Waals surface area contributed by atoms with Gasteiger partial charge in [0.1, 0.15) is 0 Å². The van der Waals surface area contributed by atoms with Gasteiger partial charge in [0.15, 0.2) is 0 Å². The molecule has 110 valence electrons. The summed E-state index contributed by atoms with van der Waals surface area (Å²) in [5, 5.41) is 9.14. The van der Waals surface area contributed by atoms with Gasteiger partial charge in [0.25, 0.3) is 0 Å². The van der Waals surface area contributed by atoms with Crippen molar-refractivity contribution in [2.75, 3.05) is 0 Å².